The number of amides is 1. The summed E-state index contributed by atoms with van der Waals surface area (Å²) < 4.78 is 15.6. The van der Waals surface area contributed by atoms with Crippen LogP contribution in [0.4, 0.5) is 4.39 Å². The number of aryl methyl sites for hydroxylation is 2. The minimum absolute atomic E-state index is 0.171. The highest BCUT2D eigenvalue weighted by Gasteiger charge is 2.27. The van der Waals surface area contributed by atoms with Gasteiger partial charge in [0.2, 0.25) is 5.91 Å². The third-order valence-corrected chi connectivity index (χ3v) is 4.13. The van der Waals surface area contributed by atoms with Crippen molar-refractivity contribution in [3.63, 3.8) is 0 Å². The number of carbonyl (C=O) groups excluding carboxylic acids is 1. The average Bonchev–Trinajstić information content (AvgIpc) is 2.55. The van der Waals surface area contributed by atoms with Crippen molar-refractivity contribution in [3.8, 4) is 11.1 Å². The SMILES string of the molecule is Cc1ccc(-c2cc(=O)n(CCC(C)(C)C(=O)NO)cc2F)cc1. The van der Waals surface area contributed by atoms with Gasteiger partial charge in [-0.3, -0.25) is 14.8 Å². The summed E-state index contributed by atoms with van der Waals surface area (Å²) >= 11 is 0. The number of hydrogen-bond acceptors (Lipinski definition) is 3. The summed E-state index contributed by atoms with van der Waals surface area (Å²) in [5, 5.41) is 8.72. The lowest BCUT2D eigenvalue weighted by Crippen LogP contribution is -2.36. The Morgan fingerprint density at radius 3 is 2.50 bits per heavy atom. The molecule has 0 aliphatic rings. The van der Waals surface area contributed by atoms with Gasteiger partial charge in [-0.15, -0.1) is 0 Å². The zero-order valence-corrected chi connectivity index (χ0v) is 14.0. The highest BCUT2D eigenvalue weighted by atomic mass is 19.1. The fraction of sp³-hybridized carbons (Fsp3) is 0.333. The van der Waals surface area contributed by atoms with E-state index in [9.17, 15) is 14.0 Å². The molecule has 128 valence electrons. The van der Waals surface area contributed by atoms with E-state index in [0.717, 1.165) is 11.8 Å². The molecule has 2 N–H and O–H groups in total. The second-order valence-corrected chi connectivity index (χ2v) is 6.51. The van der Waals surface area contributed by atoms with Crippen LogP contribution in [0.1, 0.15) is 25.8 Å². The van der Waals surface area contributed by atoms with E-state index in [4.69, 9.17) is 5.21 Å². The minimum Gasteiger partial charge on any atom is -0.313 e. The number of benzene rings is 1. The first-order chi connectivity index (χ1) is 11.2. The third-order valence-electron chi connectivity index (χ3n) is 4.13. The Morgan fingerprint density at radius 2 is 1.92 bits per heavy atom. The van der Waals surface area contributed by atoms with Gasteiger partial charge in [-0.2, -0.15) is 0 Å². The Balaban J connectivity index is 2.26. The number of nitrogens with one attached hydrogen (secondary N) is 1. The number of rotatable bonds is 5. The van der Waals surface area contributed by atoms with Crippen LogP contribution in [-0.2, 0) is 11.3 Å². The van der Waals surface area contributed by atoms with E-state index in [2.05, 4.69) is 0 Å². The third kappa shape index (κ3) is 3.89. The zero-order valence-electron chi connectivity index (χ0n) is 14.0. The number of hydrogen-bond donors (Lipinski definition) is 2. The standard InChI is InChI=1S/C18H21FN2O3/c1-12-4-6-13(7-5-12)14-10-16(22)21(11-15(14)19)9-8-18(2,3)17(23)20-24/h4-7,10-11,24H,8-9H2,1-3H3,(H,20,23). The molecule has 1 amide bonds. The van der Waals surface area contributed by atoms with Crippen LogP contribution in [0.25, 0.3) is 11.1 Å². The van der Waals surface area contributed by atoms with Gasteiger partial charge in [0.1, 0.15) is 5.82 Å². The van der Waals surface area contributed by atoms with E-state index in [1.54, 1.807) is 31.5 Å². The molecule has 2 rings (SSSR count). The molecule has 0 aliphatic carbocycles. The van der Waals surface area contributed by atoms with E-state index in [1.807, 2.05) is 19.1 Å². The van der Waals surface area contributed by atoms with Gasteiger partial charge in [0.15, 0.2) is 0 Å². The number of pyridine rings is 1. The molecule has 0 saturated carbocycles. The lowest BCUT2D eigenvalue weighted by molar-refractivity contribution is -0.138. The van der Waals surface area contributed by atoms with Crippen molar-refractivity contribution >= 4 is 5.91 Å². The van der Waals surface area contributed by atoms with E-state index in [-0.39, 0.29) is 24.1 Å². The van der Waals surface area contributed by atoms with Crippen LogP contribution >= 0.6 is 0 Å². The molecule has 0 spiro atoms. The predicted molar refractivity (Wildman–Crippen MR) is 89.2 cm³/mol. The summed E-state index contributed by atoms with van der Waals surface area (Å²) in [6.07, 6.45) is 1.44. The molecule has 0 atom stereocenters. The van der Waals surface area contributed by atoms with Crippen LogP contribution in [0.3, 0.4) is 0 Å². The van der Waals surface area contributed by atoms with Gasteiger partial charge in [0, 0.05) is 29.8 Å². The number of halogens is 1. The van der Waals surface area contributed by atoms with Gasteiger partial charge in [-0.25, -0.2) is 9.87 Å². The van der Waals surface area contributed by atoms with Crippen molar-refractivity contribution in [2.45, 2.75) is 33.7 Å². The number of carbonyl (C=O) groups is 1. The minimum atomic E-state index is -0.875. The summed E-state index contributed by atoms with van der Waals surface area (Å²) in [5.74, 6) is -1.05. The molecule has 2 aromatic rings. The van der Waals surface area contributed by atoms with E-state index in [1.165, 1.54) is 10.6 Å². The first kappa shape index (κ1) is 17.9. The monoisotopic (exact) mass is 332 g/mol. The molecule has 1 heterocycles. The van der Waals surface area contributed by atoms with Gasteiger partial charge in [-0.1, -0.05) is 43.7 Å². The molecule has 6 heteroatoms. The molecule has 0 aliphatic heterocycles. The molecule has 5 nitrogen and oxygen atoms in total. The van der Waals surface area contributed by atoms with Gasteiger partial charge in [0.05, 0.1) is 0 Å². The summed E-state index contributed by atoms with van der Waals surface area (Å²) in [4.78, 5) is 23.8. The molecular weight excluding hydrogens is 311 g/mol. The molecule has 0 saturated heterocycles. The highest BCUT2D eigenvalue weighted by molar-refractivity contribution is 5.80. The van der Waals surface area contributed by atoms with Crippen molar-refractivity contribution in [2.24, 2.45) is 5.41 Å². The molecule has 1 aromatic heterocycles. The smallest absolute Gasteiger partial charge is 0.251 e. The van der Waals surface area contributed by atoms with Crippen LogP contribution in [0.5, 0.6) is 0 Å². The lowest BCUT2D eigenvalue weighted by Gasteiger charge is -2.22. The first-order valence-electron chi connectivity index (χ1n) is 7.66. The summed E-state index contributed by atoms with van der Waals surface area (Å²) in [7, 11) is 0. The van der Waals surface area contributed by atoms with Gasteiger partial charge in [-0.05, 0) is 18.9 Å². The summed E-state index contributed by atoms with van der Waals surface area (Å²) in [6.45, 7) is 5.38. The van der Waals surface area contributed by atoms with Crippen LogP contribution in [0, 0.1) is 18.2 Å². The second-order valence-electron chi connectivity index (χ2n) is 6.51. The Morgan fingerprint density at radius 1 is 1.29 bits per heavy atom. The molecule has 24 heavy (non-hydrogen) atoms. The van der Waals surface area contributed by atoms with Crippen molar-refractivity contribution in [2.75, 3.05) is 0 Å². The Bertz CT molecular complexity index is 795. The Labute approximate surface area is 139 Å². The first-order valence-corrected chi connectivity index (χ1v) is 7.66. The normalized spacial score (nSPS) is 11.4. The van der Waals surface area contributed by atoms with Gasteiger partial charge >= 0.3 is 0 Å². The Kier molecular flexibility index (Phi) is 5.19. The van der Waals surface area contributed by atoms with Crippen molar-refractivity contribution in [1.29, 1.82) is 0 Å². The molecule has 0 fully saturated rings. The fourth-order valence-corrected chi connectivity index (χ4v) is 2.34. The van der Waals surface area contributed by atoms with Crippen molar-refractivity contribution in [3.05, 3.63) is 58.3 Å². The number of nitrogens with zero attached hydrogens (tertiary/aromatic N) is 1. The Hall–Kier alpha value is -2.47. The lowest BCUT2D eigenvalue weighted by atomic mass is 9.88. The van der Waals surface area contributed by atoms with Crippen LogP contribution in [0.15, 0.2) is 41.3 Å². The fourth-order valence-electron chi connectivity index (χ4n) is 2.34. The van der Waals surface area contributed by atoms with Crippen LogP contribution < -0.4 is 11.0 Å². The van der Waals surface area contributed by atoms with E-state index >= 15 is 0 Å². The molecule has 0 radical (unpaired) electrons. The average molecular weight is 332 g/mol. The molecular formula is C18H21FN2O3. The predicted octanol–water partition coefficient (Wildman–Crippen LogP) is 2.88. The van der Waals surface area contributed by atoms with Crippen molar-refractivity contribution in [1.82, 2.24) is 10.0 Å². The van der Waals surface area contributed by atoms with E-state index < -0.39 is 17.1 Å². The van der Waals surface area contributed by atoms with Crippen LogP contribution in [0.2, 0.25) is 0 Å². The van der Waals surface area contributed by atoms with E-state index in [0.29, 0.717) is 5.56 Å². The maximum Gasteiger partial charge on any atom is 0.251 e. The molecule has 0 bridgehead atoms. The summed E-state index contributed by atoms with van der Waals surface area (Å²) in [6, 6.07) is 8.52. The maximum absolute atomic E-state index is 14.4. The number of aromatic nitrogens is 1. The quantitative estimate of drug-likeness (QED) is 0.653. The summed E-state index contributed by atoms with van der Waals surface area (Å²) in [5.41, 5.74) is 2.33. The molecule has 1 aromatic carbocycles. The molecule has 0 unspecified atom stereocenters. The highest BCUT2D eigenvalue weighted by Crippen LogP contribution is 2.23. The number of hydroxylamine groups is 1. The van der Waals surface area contributed by atoms with Gasteiger partial charge < -0.3 is 4.57 Å². The van der Waals surface area contributed by atoms with Crippen molar-refractivity contribution < 1.29 is 14.4 Å². The topological polar surface area (TPSA) is 71.3 Å². The second kappa shape index (κ2) is 6.97. The van der Waals surface area contributed by atoms with Gasteiger partial charge in [0.25, 0.3) is 5.56 Å². The maximum atomic E-state index is 14.4. The zero-order chi connectivity index (χ0) is 17.9. The van der Waals surface area contributed by atoms with Crippen LogP contribution in [-0.4, -0.2) is 15.7 Å². The largest absolute Gasteiger partial charge is 0.313 e.